The Balaban J connectivity index is 2.05. The van der Waals surface area contributed by atoms with E-state index in [1.165, 1.54) is 6.07 Å². The van der Waals surface area contributed by atoms with E-state index >= 15 is 0 Å². The van der Waals surface area contributed by atoms with E-state index in [2.05, 4.69) is 0 Å². The number of ether oxygens (including phenoxy) is 1. The van der Waals surface area contributed by atoms with Crippen LogP contribution in [0.5, 0.6) is 5.75 Å². The topological polar surface area (TPSA) is 29.5 Å². The molecule has 0 saturated heterocycles. The summed E-state index contributed by atoms with van der Waals surface area (Å²) in [6, 6.07) is 10.7. The fourth-order valence-corrected chi connectivity index (χ4v) is 1.66. The van der Waals surface area contributed by atoms with Crippen molar-refractivity contribution in [1.29, 1.82) is 0 Å². The van der Waals surface area contributed by atoms with Crippen molar-refractivity contribution in [2.24, 2.45) is 0 Å². The first-order chi connectivity index (χ1) is 9.06. The van der Waals surface area contributed by atoms with Gasteiger partial charge < -0.3 is 9.84 Å². The van der Waals surface area contributed by atoms with Crippen LogP contribution in [-0.4, -0.2) is 5.11 Å². The summed E-state index contributed by atoms with van der Waals surface area (Å²) in [5, 5.41) is 9.45. The van der Waals surface area contributed by atoms with E-state index < -0.39 is 17.7 Å². The van der Waals surface area contributed by atoms with Crippen LogP contribution in [0, 0.1) is 11.6 Å². The van der Waals surface area contributed by atoms with Gasteiger partial charge in [0.15, 0.2) is 11.6 Å². The summed E-state index contributed by atoms with van der Waals surface area (Å²) >= 11 is 0. The van der Waals surface area contributed by atoms with E-state index in [1.807, 2.05) is 0 Å². The summed E-state index contributed by atoms with van der Waals surface area (Å²) in [6.45, 7) is 1.80. The highest BCUT2D eigenvalue weighted by molar-refractivity contribution is 5.30. The van der Waals surface area contributed by atoms with Gasteiger partial charge in [0.05, 0.1) is 6.10 Å². The van der Waals surface area contributed by atoms with Crippen molar-refractivity contribution < 1.29 is 18.6 Å². The zero-order valence-corrected chi connectivity index (χ0v) is 10.4. The highest BCUT2D eigenvalue weighted by atomic mass is 19.2. The number of hydrogen-bond donors (Lipinski definition) is 1. The molecule has 2 nitrogen and oxygen atoms in total. The molecule has 0 aliphatic rings. The number of hydrogen-bond acceptors (Lipinski definition) is 2. The Morgan fingerprint density at radius 2 is 1.89 bits per heavy atom. The molecule has 0 spiro atoms. The normalized spacial score (nSPS) is 12.2. The maximum absolute atomic E-state index is 13.0. The first-order valence-electron chi connectivity index (χ1n) is 5.91. The average molecular weight is 264 g/mol. The summed E-state index contributed by atoms with van der Waals surface area (Å²) in [5.41, 5.74) is 1.28. The van der Waals surface area contributed by atoms with Gasteiger partial charge in [0.1, 0.15) is 12.4 Å². The second-order valence-corrected chi connectivity index (χ2v) is 4.29. The number of benzene rings is 2. The second-order valence-electron chi connectivity index (χ2n) is 4.29. The van der Waals surface area contributed by atoms with Crippen LogP contribution in [-0.2, 0) is 6.61 Å². The minimum Gasteiger partial charge on any atom is -0.489 e. The van der Waals surface area contributed by atoms with Gasteiger partial charge in [-0.25, -0.2) is 8.78 Å². The summed E-state index contributed by atoms with van der Waals surface area (Å²) in [6.07, 6.45) is -0.577. The molecule has 0 amide bonds. The van der Waals surface area contributed by atoms with Crippen LogP contribution in [0.25, 0.3) is 0 Å². The maximum Gasteiger partial charge on any atom is 0.159 e. The molecular weight excluding hydrogens is 250 g/mol. The molecule has 0 saturated carbocycles. The Labute approximate surface area is 110 Å². The molecule has 1 N–H and O–H groups in total. The van der Waals surface area contributed by atoms with Crippen LogP contribution in [0.2, 0.25) is 0 Å². The van der Waals surface area contributed by atoms with Gasteiger partial charge in [0, 0.05) is 0 Å². The molecule has 0 aliphatic heterocycles. The summed E-state index contributed by atoms with van der Waals surface area (Å²) in [4.78, 5) is 0. The summed E-state index contributed by atoms with van der Waals surface area (Å²) in [5.74, 6) is -1.19. The van der Waals surface area contributed by atoms with Crippen molar-refractivity contribution in [1.82, 2.24) is 0 Å². The third-order valence-corrected chi connectivity index (χ3v) is 2.73. The van der Waals surface area contributed by atoms with E-state index in [-0.39, 0.29) is 6.61 Å². The average Bonchev–Trinajstić information content (AvgIpc) is 2.40. The van der Waals surface area contributed by atoms with Gasteiger partial charge in [-0.15, -0.1) is 0 Å². The van der Waals surface area contributed by atoms with Gasteiger partial charge in [-0.1, -0.05) is 18.2 Å². The standard InChI is InChI=1S/C15H14F2O2/c1-10(18)12-3-2-4-13(8-12)19-9-11-5-6-14(16)15(17)7-11/h2-8,10,18H,9H2,1H3. The number of rotatable bonds is 4. The van der Waals surface area contributed by atoms with Crippen molar-refractivity contribution >= 4 is 0 Å². The molecule has 2 aromatic carbocycles. The minimum absolute atomic E-state index is 0.139. The molecular formula is C15H14F2O2. The highest BCUT2D eigenvalue weighted by Gasteiger charge is 2.05. The lowest BCUT2D eigenvalue weighted by Gasteiger charge is -2.09. The van der Waals surface area contributed by atoms with Crippen LogP contribution < -0.4 is 4.74 Å². The second kappa shape index (κ2) is 5.80. The van der Waals surface area contributed by atoms with Crippen molar-refractivity contribution in [2.45, 2.75) is 19.6 Å². The SMILES string of the molecule is CC(O)c1cccc(OCc2ccc(F)c(F)c2)c1. The van der Waals surface area contributed by atoms with Gasteiger partial charge in [0.25, 0.3) is 0 Å². The van der Waals surface area contributed by atoms with Crippen LogP contribution >= 0.6 is 0 Å². The van der Waals surface area contributed by atoms with E-state index in [0.29, 0.717) is 11.3 Å². The quantitative estimate of drug-likeness (QED) is 0.914. The van der Waals surface area contributed by atoms with Gasteiger partial charge >= 0.3 is 0 Å². The fraction of sp³-hybridized carbons (Fsp3) is 0.200. The molecule has 0 aromatic heterocycles. The lowest BCUT2D eigenvalue weighted by Crippen LogP contribution is -1.98. The van der Waals surface area contributed by atoms with E-state index in [0.717, 1.165) is 17.7 Å². The molecule has 0 bridgehead atoms. The number of aliphatic hydroxyl groups is 1. The molecule has 1 atom stereocenters. The Bertz CT molecular complexity index is 568. The highest BCUT2D eigenvalue weighted by Crippen LogP contribution is 2.20. The smallest absolute Gasteiger partial charge is 0.159 e. The predicted molar refractivity (Wildman–Crippen MR) is 67.8 cm³/mol. The maximum atomic E-state index is 13.0. The number of aliphatic hydroxyl groups excluding tert-OH is 1. The molecule has 0 fully saturated rings. The third kappa shape index (κ3) is 3.51. The zero-order valence-electron chi connectivity index (χ0n) is 10.4. The molecule has 0 radical (unpaired) electrons. The lowest BCUT2D eigenvalue weighted by molar-refractivity contribution is 0.198. The van der Waals surface area contributed by atoms with Crippen molar-refractivity contribution in [3.05, 3.63) is 65.2 Å². The first kappa shape index (κ1) is 13.5. The molecule has 1 unspecified atom stereocenters. The predicted octanol–water partition coefficient (Wildman–Crippen LogP) is 3.60. The Morgan fingerprint density at radius 1 is 1.11 bits per heavy atom. The third-order valence-electron chi connectivity index (χ3n) is 2.73. The monoisotopic (exact) mass is 264 g/mol. The molecule has 100 valence electrons. The van der Waals surface area contributed by atoms with Gasteiger partial charge in [0.2, 0.25) is 0 Å². The lowest BCUT2D eigenvalue weighted by atomic mass is 10.1. The number of halogens is 2. The molecule has 2 aromatic rings. The molecule has 19 heavy (non-hydrogen) atoms. The Morgan fingerprint density at radius 3 is 2.58 bits per heavy atom. The largest absolute Gasteiger partial charge is 0.489 e. The van der Waals surface area contributed by atoms with E-state index in [9.17, 15) is 13.9 Å². The van der Waals surface area contributed by atoms with Crippen LogP contribution in [0.15, 0.2) is 42.5 Å². The van der Waals surface area contributed by atoms with Crippen molar-refractivity contribution in [3.8, 4) is 5.75 Å². The Kier molecular flexibility index (Phi) is 4.12. The molecule has 2 rings (SSSR count). The van der Waals surface area contributed by atoms with Gasteiger partial charge in [-0.05, 0) is 42.3 Å². The van der Waals surface area contributed by atoms with Crippen LogP contribution in [0.1, 0.15) is 24.2 Å². The molecule has 4 heteroatoms. The zero-order chi connectivity index (χ0) is 13.8. The van der Waals surface area contributed by atoms with Crippen molar-refractivity contribution in [3.63, 3.8) is 0 Å². The molecule has 0 aliphatic carbocycles. The van der Waals surface area contributed by atoms with Crippen molar-refractivity contribution in [2.75, 3.05) is 0 Å². The Hall–Kier alpha value is -1.94. The van der Waals surface area contributed by atoms with Gasteiger partial charge in [-0.3, -0.25) is 0 Å². The minimum atomic E-state index is -0.890. The summed E-state index contributed by atoms with van der Waals surface area (Å²) < 4.78 is 31.2. The summed E-state index contributed by atoms with van der Waals surface area (Å²) in [7, 11) is 0. The van der Waals surface area contributed by atoms with Crippen LogP contribution in [0.3, 0.4) is 0 Å². The van der Waals surface area contributed by atoms with E-state index in [1.54, 1.807) is 31.2 Å². The molecule has 0 heterocycles. The van der Waals surface area contributed by atoms with Gasteiger partial charge in [-0.2, -0.15) is 0 Å². The van der Waals surface area contributed by atoms with E-state index in [4.69, 9.17) is 4.74 Å². The van der Waals surface area contributed by atoms with Crippen LogP contribution in [0.4, 0.5) is 8.78 Å². The fourth-order valence-electron chi connectivity index (χ4n) is 1.66. The first-order valence-corrected chi connectivity index (χ1v) is 5.91.